The third-order valence-electron chi connectivity index (χ3n) is 3.73. The highest BCUT2D eigenvalue weighted by Gasteiger charge is 2.21. The smallest absolute Gasteiger partial charge is 0.0252 e. The Kier molecular flexibility index (Phi) is 5.07. The first-order chi connectivity index (χ1) is 7.03. The van der Waals surface area contributed by atoms with Crippen LogP contribution in [0, 0.1) is 5.92 Å². The van der Waals surface area contributed by atoms with Gasteiger partial charge in [0.05, 0.1) is 0 Å². The SMILES string of the molecule is CCC(C)(N)CN(C)CC1CCCCC1. The van der Waals surface area contributed by atoms with Crippen LogP contribution < -0.4 is 5.73 Å². The average molecular weight is 212 g/mol. The van der Waals surface area contributed by atoms with E-state index in [-0.39, 0.29) is 5.54 Å². The zero-order valence-electron chi connectivity index (χ0n) is 10.8. The third-order valence-corrected chi connectivity index (χ3v) is 3.73. The summed E-state index contributed by atoms with van der Waals surface area (Å²) in [5.41, 5.74) is 6.17. The molecule has 1 atom stereocenters. The van der Waals surface area contributed by atoms with E-state index in [1.165, 1.54) is 38.6 Å². The molecule has 1 unspecified atom stereocenters. The van der Waals surface area contributed by atoms with Crippen molar-refractivity contribution in [3.05, 3.63) is 0 Å². The zero-order valence-corrected chi connectivity index (χ0v) is 10.8. The standard InChI is InChI=1S/C13H28N2/c1-4-13(2,14)11-15(3)10-12-8-6-5-7-9-12/h12H,4-11,14H2,1-3H3. The highest BCUT2D eigenvalue weighted by molar-refractivity contribution is 4.81. The maximum absolute atomic E-state index is 6.18. The predicted octanol–water partition coefficient (Wildman–Crippen LogP) is 2.63. The monoisotopic (exact) mass is 212 g/mol. The van der Waals surface area contributed by atoms with Crippen LogP contribution in [0.5, 0.6) is 0 Å². The number of nitrogens with zero attached hydrogens (tertiary/aromatic N) is 1. The molecular weight excluding hydrogens is 184 g/mol. The van der Waals surface area contributed by atoms with Gasteiger partial charge in [0, 0.05) is 18.6 Å². The Labute approximate surface area is 95.2 Å². The minimum Gasteiger partial charge on any atom is -0.324 e. The van der Waals surface area contributed by atoms with E-state index < -0.39 is 0 Å². The molecule has 1 saturated carbocycles. The number of hydrogen-bond donors (Lipinski definition) is 1. The first kappa shape index (κ1) is 13.0. The fraction of sp³-hybridized carbons (Fsp3) is 1.00. The fourth-order valence-corrected chi connectivity index (χ4v) is 2.60. The molecule has 0 amide bonds. The minimum atomic E-state index is -0.0105. The van der Waals surface area contributed by atoms with Gasteiger partial charge in [0.1, 0.15) is 0 Å². The predicted molar refractivity (Wildman–Crippen MR) is 67.0 cm³/mol. The molecule has 0 aromatic carbocycles. The second-order valence-corrected chi connectivity index (χ2v) is 5.71. The van der Waals surface area contributed by atoms with E-state index in [4.69, 9.17) is 5.73 Å². The van der Waals surface area contributed by atoms with Gasteiger partial charge in [-0.05, 0) is 39.2 Å². The topological polar surface area (TPSA) is 29.3 Å². The van der Waals surface area contributed by atoms with Gasteiger partial charge in [-0.3, -0.25) is 0 Å². The molecule has 0 spiro atoms. The molecule has 2 nitrogen and oxygen atoms in total. The van der Waals surface area contributed by atoms with Gasteiger partial charge >= 0.3 is 0 Å². The van der Waals surface area contributed by atoms with Crippen molar-refractivity contribution in [2.45, 2.75) is 57.9 Å². The Morgan fingerprint density at radius 1 is 1.27 bits per heavy atom. The van der Waals surface area contributed by atoms with Crippen molar-refractivity contribution in [3.8, 4) is 0 Å². The summed E-state index contributed by atoms with van der Waals surface area (Å²) >= 11 is 0. The highest BCUT2D eigenvalue weighted by Crippen LogP contribution is 2.24. The van der Waals surface area contributed by atoms with Gasteiger partial charge in [-0.2, -0.15) is 0 Å². The van der Waals surface area contributed by atoms with Crippen LogP contribution in [0.2, 0.25) is 0 Å². The number of rotatable bonds is 5. The summed E-state index contributed by atoms with van der Waals surface area (Å²) < 4.78 is 0. The van der Waals surface area contributed by atoms with Crippen LogP contribution >= 0.6 is 0 Å². The van der Waals surface area contributed by atoms with Crippen LogP contribution in [0.15, 0.2) is 0 Å². The molecule has 1 aliphatic rings. The number of hydrogen-bond acceptors (Lipinski definition) is 2. The molecule has 0 heterocycles. The number of nitrogens with two attached hydrogens (primary N) is 1. The summed E-state index contributed by atoms with van der Waals surface area (Å²) in [6.07, 6.45) is 8.24. The number of likely N-dealkylation sites (N-methyl/N-ethyl adjacent to an activating group) is 1. The highest BCUT2D eigenvalue weighted by atomic mass is 15.1. The lowest BCUT2D eigenvalue weighted by Gasteiger charge is -2.32. The second-order valence-electron chi connectivity index (χ2n) is 5.71. The average Bonchev–Trinajstić information content (AvgIpc) is 2.18. The van der Waals surface area contributed by atoms with E-state index in [0.29, 0.717) is 0 Å². The lowest BCUT2D eigenvalue weighted by atomic mass is 9.88. The summed E-state index contributed by atoms with van der Waals surface area (Å²) in [5.74, 6) is 0.927. The molecule has 0 radical (unpaired) electrons. The van der Waals surface area contributed by atoms with Crippen molar-refractivity contribution >= 4 is 0 Å². The Hall–Kier alpha value is -0.0800. The lowest BCUT2D eigenvalue weighted by Crippen LogP contribution is -2.47. The van der Waals surface area contributed by atoms with Crippen LogP contribution in [0.25, 0.3) is 0 Å². The maximum Gasteiger partial charge on any atom is 0.0252 e. The van der Waals surface area contributed by atoms with E-state index in [1.54, 1.807) is 0 Å². The van der Waals surface area contributed by atoms with Crippen molar-refractivity contribution in [2.75, 3.05) is 20.1 Å². The quantitative estimate of drug-likeness (QED) is 0.759. The fourth-order valence-electron chi connectivity index (χ4n) is 2.60. The minimum absolute atomic E-state index is 0.0105. The van der Waals surface area contributed by atoms with E-state index in [9.17, 15) is 0 Å². The Morgan fingerprint density at radius 3 is 2.40 bits per heavy atom. The summed E-state index contributed by atoms with van der Waals surface area (Å²) in [6.45, 7) is 6.60. The van der Waals surface area contributed by atoms with Gasteiger partial charge in [-0.1, -0.05) is 26.2 Å². The largest absolute Gasteiger partial charge is 0.324 e. The van der Waals surface area contributed by atoms with Crippen molar-refractivity contribution in [2.24, 2.45) is 11.7 Å². The Balaban J connectivity index is 2.25. The van der Waals surface area contributed by atoms with E-state index >= 15 is 0 Å². The van der Waals surface area contributed by atoms with E-state index in [0.717, 1.165) is 18.9 Å². The molecule has 0 aromatic heterocycles. The maximum atomic E-state index is 6.18. The molecule has 1 rings (SSSR count). The molecule has 0 bridgehead atoms. The zero-order chi connectivity index (χ0) is 11.3. The van der Waals surface area contributed by atoms with Gasteiger partial charge in [0.2, 0.25) is 0 Å². The van der Waals surface area contributed by atoms with Gasteiger partial charge in [-0.25, -0.2) is 0 Å². The molecule has 2 heteroatoms. The molecule has 0 aliphatic heterocycles. The van der Waals surface area contributed by atoms with E-state index in [2.05, 4.69) is 25.8 Å². The third kappa shape index (κ3) is 4.98. The van der Waals surface area contributed by atoms with Crippen LogP contribution in [0.3, 0.4) is 0 Å². The van der Waals surface area contributed by atoms with Crippen molar-refractivity contribution in [1.82, 2.24) is 4.90 Å². The van der Waals surface area contributed by atoms with E-state index in [1.807, 2.05) is 0 Å². The normalized spacial score (nSPS) is 23.0. The van der Waals surface area contributed by atoms with Crippen LogP contribution in [0.1, 0.15) is 52.4 Å². The lowest BCUT2D eigenvalue weighted by molar-refractivity contribution is 0.196. The van der Waals surface area contributed by atoms with Gasteiger partial charge in [0.25, 0.3) is 0 Å². The van der Waals surface area contributed by atoms with Gasteiger partial charge in [0.15, 0.2) is 0 Å². The summed E-state index contributed by atoms with van der Waals surface area (Å²) in [4.78, 5) is 2.43. The first-order valence-electron chi connectivity index (χ1n) is 6.51. The summed E-state index contributed by atoms with van der Waals surface area (Å²) in [6, 6.07) is 0. The first-order valence-corrected chi connectivity index (χ1v) is 6.51. The van der Waals surface area contributed by atoms with Gasteiger partial charge < -0.3 is 10.6 Å². The van der Waals surface area contributed by atoms with Crippen LogP contribution in [0.4, 0.5) is 0 Å². The molecule has 15 heavy (non-hydrogen) atoms. The Bertz CT molecular complexity index is 171. The van der Waals surface area contributed by atoms with Crippen molar-refractivity contribution in [1.29, 1.82) is 0 Å². The van der Waals surface area contributed by atoms with Crippen molar-refractivity contribution in [3.63, 3.8) is 0 Å². The molecule has 90 valence electrons. The van der Waals surface area contributed by atoms with Gasteiger partial charge in [-0.15, -0.1) is 0 Å². The molecule has 2 N–H and O–H groups in total. The van der Waals surface area contributed by atoms with Crippen molar-refractivity contribution < 1.29 is 0 Å². The summed E-state index contributed by atoms with van der Waals surface area (Å²) in [7, 11) is 2.22. The summed E-state index contributed by atoms with van der Waals surface area (Å²) in [5, 5.41) is 0. The van der Waals surface area contributed by atoms with Crippen LogP contribution in [-0.4, -0.2) is 30.6 Å². The van der Waals surface area contributed by atoms with Crippen LogP contribution in [-0.2, 0) is 0 Å². The molecule has 0 aromatic rings. The molecular formula is C13H28N2. The Morgan fingerprint density at radius 2 is 1.87 bits per heavy atom. The molecule has 1 fully saturated rings. The molecule has 1 aliphatic carbocycles. The second kappa shape index (κ2) is 5.86. The molecule has 0 saturated heterocycles.